The van der Waals surface area contributed by atoms with Crippen LogP contribution in [0.3, 0.4) is 0 Å². The van der Waals surface area contributed by atoms with Gasteiger partial charge in [-0.25, -0.2) is 8.42 Å². The molecule has 0 radical (unpaired) electrons. The largest absolute Gasteiger partial charge is 0.316 e. The normalized spacial score (nSPS) is 21.4. The van der Waals surface area contributed by atoms with E-state index in [4.69, 9.17) is 0 Å². The fraction of sp³-hybridized carbons (Fsp3) is 0.500. The fourth-order valence-corrected chi connectivity index (χ4v) is 4.16. The first-order chi connectivity index (χ1) is 8.00. The van der Waals surface area contributed by atoms with Gasteiger partial charge in [0.2, 0.25) is 0 Å². The van der Waals surface area contributed by atoms with Crippen molar-refractivity contribution in [3.05, 3.63) is 28.2 Å². The van der Waals surface area contributed by atoms with Crippen LogP contribution in [0, 0.1) is 0 Å². The summed E-state index contributed by atoms with van der Waals surface area (Å²) in [7, 11) is -3.16. The molecule has 3 nitrogen and oxygen atoms in total. The van der Waals surface area contributed by atoms with Crippen LogP contribution in [0.25, 0.3) is 0 Å². The minimum Gasteiger partial charge on any atom is -0.316 e. The van der Waals surface area contributed by atoms with Gasteiger partial charge in [-0.05, 0) is 43.0 Å². The van der Waals surface area contributed by atoms with Crippen LogP contribution < -0.4 is 5.32 Å². The van der Waals surface area contributed by atoms with Crippen LogP contribution in [0.1, 0.15) is 24.3 Å². The molecule has 1 N–H and O–H groups in total. The van der Waals surface area contributed by atoms with Gasteiger partial charge in [-0.3, -0.25) is 0 Å². The summed E-state index contributed by atoms with van der Waals surface area (Å²) in [5.41, 5.74) is 0.933. The third kappa shape index (κ3) is 2.89. The lowest BCUT2D eigenvalue weighted by Gasteiger charge is -2.25. The van der Waals surface area contributed by atoms with Gasteiger partial charge < -0.3 is 5.32 Å². The molecule has 0 saturated carbocycles. The third-order valence-electron chi connectivity index (χ3n) is 3.12. The van der Waals surface area contributed by atoms with Crippen LogP contribution in [0.4, 0.5) is 0 Å². The maximum absolute atomic E-state index is 11.8. The van der Waals surface area contributed by atoms with Crippen molar-refractivity contribution in [2.75, 3.05) is 19.3 Å². The van der Waals surface area contributed by atoms with E-state index >= 15 is 0 Å². The Bertz CT molecular complexity index is 507. The van der Waals surface area contributed by atoms with Crippen LogP contribution >= 0.6 is 15.9 Å². The van der Waals surface area contributed by atoms with Crippen molar-refractivity contribution < 1.29 is 8.42 Å². The van der Waals surface area contributed by atoms with Crippen molar-refractivity contribution in [1.82, 2.24) is 5.32 Å². The quantitative estimate of drug-likeness (QED) is 0.910. The summed E-state index contributed by atoms with van der Waals surface area (Å²) < 4.78 is 24.5. The molecule has 94 valence electrons. The van der Waals surface area contributed by atoms with E-state index in [9.17, 15) is 8.42 Å². The van der Waals surface area contributed by atoms with E-state index in [2.05, 4.69) is 21.2 Å². The van der Waals surface area contributed by atoms with Crippen molar-refractivity contribution in [2.45, 2.75) is 23.7 Å². The van der Waals surface area contributed by atoms with Gasteiger partial charge in [0.1, 0.15) is 0 Å². The lowest BCUT2D eigenvalue weighted by Crippen LogP contribution is -2.29. The molecule has 0 bridgehead atoms. The highest BCUT2D eigenvalue weighted by molar-refractivity contribution is 9.10. The molecule has 1 aliphatic rings. The van der Waals surface area contributed by atoms with Gasteiger partial charge >= 0.3 is 0 Å². The van der Waals surface area contributed by atoms with Crippen LogP contribution in [0.2, 0.25) is 0 Å². The van der Waals surface area contributed by atoms with Gasteiger partial charge in [-0.2, -0.15) is 0 Å². The average Bonchev–Trinajstić information content (AvgIpc) is 2.28. The van der Waals surface area contributed by atoms with E-state index in [-0.39, 0.29) is 5.92 Å². The molecule has 1 atom stereocenters. The molecule has 1 saturated heterocycles. The van der Waals surface area contributed by atoms with E-state index in [1.165, 1.54) is 6.26 Å². The lowest BCUT2D eigenvalue weighted by atomic mass is 9.92. The van der Waals surface area contributed by atoms with Crippen molar-refractivity contribution >= 4 is 25.8 Å². The number of sulfone groups is 1. The highest BCUT2D eigenvalue weighted by Gasteiger charge is 2.24. The number of piperidine rings is 1. The predicted octanol–water partition coefficient (Wildman–Crippen LogP) is 2.32. The minimum absolute atomic E-state index is 0.282. The summed E-state index contributed by atoms with van der Waals surface area (Å²) in [5.74, 6) is 0.282. The first-order valence-electron chi connectivity index (χ1n) is 5.69. The molecule has 1 fully saturated rings. The van der Waals surface area contributed by atoms with Crippen molar-refractivity contribution in [3.63, 3.8) is 0 Å². The summed E-state index contributed by atoms with van der Waals surface area (Å²) in [6.45, 7) is 1.88. The van der Waals surface area contributed by atoms with Crippen molar-refractivity contribution in [1.29, 1.82) is 0 Å². The first kappa shape index (κ1) is 13.1. The van der Waals surface area contributed by atoms with E-state index in [1.807, 2.05) is 6.07 Å². The molecule has 5 heteroatoms. The molecule has 1 aromatic rings. The Morgan fingerprint density at radius 1 is 1.41 bits per heavy atom. The fourth-order valence-electron chi connectivity index (χ4n) is 2.33. The molecule has 2 rings (SSSR count). The number of benzene rings is 1. The number of rotatable bonds is 2. The second kappa shape index (κ2) is 5.08. The Hall–Kier alpha value is -0.390. The maximum Gasteiger partial charge on any atom is 0.175 e. The monoisotopic (exact) mass is 317 g/mol. The van der Waals surface area contributed by atoms with Crippen LogP contribution in [0.15, 0.2) is 27.6 Å². The van der Waals surface area contributed by atoms with Gasteiger partial charge in [0.05, 0.1) is 4.90 Å². The van der Waals surface area contributed by atoms with Gasteiger partial charge in [0, 0.05) is 17.3 Å². The second-order valence-electron chi connectivity index (χ2n) is 4.47. The summed E-state index contributed by atoms with van der Waals surface area (Å²) in [6.07, 6.45) is 3.40. The SMILES string of the molecule is CS(=O)(=O)c1cccc(Br)c1C1CCCNC1. The molecular weight excluding hydrogens is 302 g/mol. The molecular formula is C12H16BrNO2S. The molecule has 17 heavy (non-hydrogen) atoms. The molecule has 0 spiro atoms. The number of nitrogens with one attached hydrogen (secondary N) is 1. The molecule has 0 amide bonds. The lowest BCUT2D eigenvalue weighted by molar-refractivity contribution is 0.455. The van der Waals surface area contributed by atoms with Gasteiger partial charge in [-0.15, -0.1) is 0 Å². The highest BCUT2D eigenvalue weighted by Crippen LogP contribution is 2.34. The topological polar surface area (TPSA) is 46.2 Å². The minimum atomic E-state index is -3.16. The van der Waals surface area contributed by atoms with Crippen molar-refractivity contribution in [2.24, 2.45) is 0 Å². The Kier molecular flexibility index (Phi) is 3.90. The van der Waals surface area contributed by atoms with E-state index < -0.39 is 9.84 Å². The Labute approximate surface area is 111 Å². The molecule has 0 aliphatic carbocycles. The average molecular weight is 318 g/mol. The number of halogens is 1. The zero-order chi connectivity index (χ0) is 12.5. The Balaban J connectivity index is 2.50. The zero-order valence-corrected chi connectivity index (χ0v) is 12.1. The smallest absolute Gasteiger partial charge is 0.175 e. The molecule has 1 unspecified atom stereocenters. The van der Waals surface area contributed by atoms with Gasteiger partial charge in [-0.1, -0.05) is 22.0 Å². The number of hydrogen-bond acceptors (Lipinski definition) is 3. The second-order valence-corrected chi connectivity index (χ2v) is 7.31. The molecule has 1 heterocycles. The van der Waals surface area contributed by atoms with Crippen molar-refractivity contribution in [3.8, 4) is 0 Å². The summed E-state index contributed by atoms with van der Waals surface area (Å²) in [6, 6.07) is 5.39. The summed E-state index contributed by atoms with van der Waals surface area (Å²) in [4.78, 5) is 0.459. The van der Waals surface area contributed by atoms with E-state index in [1.54, 1.807) is 12.1 Å². The molecule has 1 aliphatic heterocycles. The third-order valence-corrected chi connectivity index (χ3v) is 4.96. The Morgan fingerprint density at radius 2 is 2.18 bits per heavy atom. The summed E-state index contributed by atoms with van der Waals surface area (Å²) >= 11 is 3.48. The van der Waals surface area contributed by atoms with Crippen LogP contribution in [-0.4, -0.2) is 27.8 Å². The molecule has 1 aromatic carbocycles. The number of hydrogen-bond donors (Lipinski definition) is 1. The van der Waals surface area contributed by atoms with Gasteiger partial charge in [0.15, 0.2) is 9.84 Å². The van der Waals surface area contributed by atoms with E-state index in [0.29, 0.717) is 4.90 Å². The van der Waals surface area contributed by atoms with Crippen LogP contribution in [-0.2, 0) is 9.84 Å². The standard InChI is InChI=1S/C12H16BrNO2S/c1-17(15,16)11-6-2-5-10(13)12(11)9-4-3-7-14-8-9/h2,5-6,9,14H,3-4,7-8H2,1H3. The van der Waals surface area contributed by atoms with Gasteiger partial charge in [0.25, 0.3) is 0 Å². The highest BCUT2D eigenvalue weighted by atomic mass is 79.9. The molecule has 0 aromatic heterocycles. The van der Waals surface area contributed by atoms with Crippen LogP contribution in [0.5, 0.6) is 0 Å². The maximum atomic E-state index is 11.8. The summed E-state index contributed by atoms with van der Waals surface area (Å²) in [5, 5.41) is 3.32. The predicted molar refractivity (Wildman–Crippen MR) is 72.1 cm³/mol. The van der Waals surface area contributed by atoms with E-state index in [0.717, 1.165) is 36.0 Å². The first-order valence-corrected chi connectivity index (χ1v) is 8.38. The Morgan fingerprint density at radius 3 is 2.76 bits per heavy atom. The zero-order valence-electron chi connectivity index (χ0n) is 9.74.